The van der Waals surface area contributed by atoms with Gasteiger partial charge in [-0.3, -0.25) is 14.6 Å². The zero-order valence-corrected chi connectivity index (χ0v) is 16.4. The molecule has 0 atom stereocenters. The van der Waals surface area contributed by atoms with Crippen molar-refractivity contribution in [3.05, 3.63) is 77.6 Å². The number of pyridine rings is 1. The van der Waals surface area contributed by atoms with E-state index in [1.807, 2.05) is 6.92 Å². The molecule has 1 aromatic heterocycles. The van der Waals surface area contributed by atoms with Crippen molar-refractivity contribution in [1.82, 2.24) is 4.98 Å². The first kappa shape index (κ1) is 19.9. The molecule has 1 heterocycles. The standard InChI is InChI=1S/C22H21N3O4/c1-14-6-7-16(11-20(14)22(27)25-17-5-4-8-23-13-17)24-21(26)15-9-18(28-2)12-19(10-15)29-3/h4-13H,1-3H3,(H,24,26)(H,25,27). The summed E-state index contributed by atoms with van der Waals surface area (Å²) in [6, 6.07) is 13.6. The molecule has 7 nitrogen and oxygen atoms in total. The lowest BCUT2D eigenvalue weighted by Gasteiger charge is -2.12. The smallest absolute Gasteiger partial charge is 0.256 e. The van der Waals surface area contributed by atoms with Gasteiger partial charge in [0.25, 0.3) is 11.8 Å². The summed E-state index contributed by atoms with van der Waals surface area (Å²) in [6.45, 7) is 1.83. The van der Waals surface area contributed by atoms with Crippen molar-refractivity contribution < 1.29 is 19.1 Å². The molecule has 0 aliphatic carbocycles. The van der Waals surface area contributed by atoms with E-state index < -0.39 is 0 Å². The van der Waals surface area contributed by atoms with Gasteiger partial charge in [-0.2, -0.15) is 0 Å². The van der Waals surface area contributed by atoms with Gasteiger partial charge >= 0.3 is 0 Å². The number of aryl methyl sites for hydroxylation is 1. The van der Waals surface area contributed by atoms with Crippen LogP contribution in [0, 0.1) is 6.92 Å². The summed E-state index contributed by atoms with van der Waals surface area (Å²) in [5.41, 5.74) is 2.71. The van der Waals surface area contributed by atoms with E-state index >= 15 is 0 Å². The SMILES string of the molecule is COc1cc(OC)cc(C(=O)Nc2ccc(C)c(C(=O)Nc3cccnc3)c2)c1. The fourth-order valence-corrected chi connectivity index (χ4v) is 2.72. The van der Waals surface area contributed by atoms with E-state index in [2.05, 4.69) is 15.6 Å². The van der Waals surface area contributed by atoms with Crippen molar-refractivity contribution in [2.24, 2.45) is 0 Å². The zero-order valence-electron chi connectivity index (χ0n) is 16.4. The highest BCUT2D eigenvalue weighted by molar-refractivity contribution is 6.08. The summed E-state index contributed by atoms with van der Waals surface area (Å²) >= 11 is 0. The number of ether oxygens (including phenoxy) is 2. The molecule has 0 unspecified atom stereocenters. The molecule has 0 aliphatic rings. The number of carbonyl (C=O) groups is 2. The summed E-state index contributed by atoms with van der Waals surface area (Å²) in [5.74, 6) is 0.393. The summed E-state index contributed by atoms with van der Waals surface area (Å²) in [5, 5.41) is 5.60. The van der Waals surface area contributed by atoms with Crippen LogP contribution >= 0.6 is 0 Å². The van der Waals surface area contributed by atoms with Gasteiger partial charge in [-0.1, -0.05) is 6.07 Å². The summed E-state index contributed by atoms with van der Waals surface area (Å²) in [7, 11) is 3.03. The molecular weight excluding hydrogens is 370 g/mol. The molecule has 2 N–H and O–H groups in total. The first-order valence-electron chi connectivity index (χ1n) is 8.86. The second-order valence-corrected chi connectivity index (χ2v) is 6.28. The Labute approximate surface area is 168 Å². The Kier molecular flexibility index (Phi) is 6.09. The highest BCUT2D eigenvalue weighted by Gasteiger charge is 2.14. The average molecular weight is 391 g/mol. The Morgan fingerprint density at radius 1 is 0.862 bits per heavy atom. The quantitative estimate of drug-likeness (QED) is 0.665. The minimum Gasteiger partial charge on any atom is -0.497 e. The number of carbonyl (C=O) groups excluding carboxylic acids is 2. The Bertz CT molecular complexity index is 1010. The molecule has 7 heteroatoms. The lowest BCUT2D eigenvalue weighted by molar-refractivity contribution is 0.101. The van der Waals surface area contributed by atoms with Crippen LogP contribution in [0.1, 0.15) is 26.3 Å². The Morgan fingerprint density at radius 2 is 1.55 bits per heavy atom. The van der Waals surface area contributed by atoms with Crippen molar-refractivity contribution in [2.45, 2.75) is 6.92 Å². The molecule has 0 saturated carbocycles. The van der Waals surface area contributed by atoms with Gasteiger partial charge in [-0.15, -0.1) is 0 Å². The van der Waals surface area contributed by atoms with E-state index in [4.69, 9.17) is 9.47 Å². The lowest BCUT2D eigenvalue weighted by Crippen LogP contribution is -2.16. The first-order valence-corrected chi connectivity index (χ1v) is 8.86. The number of rotatable bonds is 6. The predicted octanol–water partition coefficient (Wildman–Crippen LogP) is 3.91. The number of anilines is 2. The van der Waals surface area contributed by atoms with Crippen molar-refractivity contribution in [1.29, 1.82) is 0 Å². The molecule has 148 valence electrons. The normalized spacial score (nSPS) is 10.2. The largest absolute Gasteiger partial charge is 0.497 e. The zero-order chi connectivity index (χ0) is 20.8. The predicted molar refractivity (Wildman–Crippen MR) is 111 cm³/mol. The number of aromatic nitrogens is 1. The van der Waals surface area contributed by atoms with Gasteiger partial charge in [0, 0.05) is 29.1 Å². The highest BCUT2D eigenvalue weighted by Crippen LogP contribution is 2.24. The maximum absolute atomic E-state index is 12.7. The number of methoxy groups -OCH3 is 2. The molecule has 0 radical (unpaired) electrons. The molecule has 0 fully saturated rings. The molecule has 0 spiro atoms. The van der Waals surface area contributed by atoms with Crippen LogP contribution in [0.5, 0.6) is 11.5 Å². The van der Waals surface area contributed by atoms with Crippen LogP contribution in [-0.4, -0.2) is 31.0 Å². The fraction of sp³-hybridized carbons (Fsp3) is 0.136. The van der Waals surface area contributed by atoms with E-state index in [-0.39, 0.29) is 11.8 Å². The van der Waals surface area contributed by atoms with Crippen molar-refractivity contribution in [2.75, 3.05) is 24.9 Å². The minimum atomic E-state index is -0.343. The molecule has 0 aliphatic heterocycles. The molecular formula is C22H21N3O4. The van der Waals surface area contributed by atoms with E-state index in [1.165, 1.54) is 14.2 Å². The lowest BCUT2D eigenvalue weighted by atomic mass is 10.1. The fourth-order valence-electron chi connectivity index (χ4n) is 2.72. The molecule has 3 aromatic rings. The highest BCUT2D eigenvalue weighted by atomic mass is 16.5. The van der Waals surface area contributed by atoms with Crippen LogP contribution in [-0.2, 0) is 0 Å². The van der Waals surface area contributed by atoms with Crippen molar-refractivity contribution in [3.8, 4) is 11.5 Å². The van der Waals surface area contributed by atoms with Crippen LogP contribution in [0.15, 0.2) is 60.9 Å². The summed E-state index contributed by atoms with van der Waals surface area (Å²) in [6.07, 6.45) is 3.19. The van der Waals surface area contributed by atoms with Gasteiger partial charge in [0.1, 0.15) is 11.5 Å². The maximum atomic E-state index is 12.7. The van der Waals surface area contributed by atoms with E-state index in [1.54, 1.807) is 60.9 Å². The molecule has 2 amide bonds. The van der Waals surface area contributed by atoms with Crippen LogP contribution in [0.25, 0.3) is 0 Å². The van der Waals surface area contributed by atoms with E-state index in [9.17, 15) is 9.59 Å². The molecule has 0 saturated heterocycles. The third-order valence-electron chi connectivity index (χ3n) is 4.27. The number of hydrogen-bond acceptors (Lipinski definition) is 5. The molecule has 3 rings (SSSR count). The third-order valence-corrected chi connectivity index (χ3v) is 4.27. The van der Waals surface area contributed by atoms with Crippen molar-refractivity contribution in [3.63, 3.8) is 0 Å². The number of benzene rings is 2. The van der Waals surface area contributed by atoms with E-state index in [0.29, 0.717) is 34.0 Å². The minimum absolute atomic E-state index is 0.283. The number of hydrogen-bond donors (Lipinski definition) is 2. The van der Waals surface area contributed by atoms with Crippen LogP contribution in [0.3, 0.4) is 0 Å². The third kappa shape index (κ3) is 4.90. The second-order valence-electron chi connectivity index (χ2n) is 6.28. The first-order chi connectivity index (χ1) is 14.0. The molecule has 0 bridgehead atoms. The Hall–Kier alpha value is -3.87. The topological polar surface area (TPSA) is 89.5 Å². The van der Waals surface area contributed by atoms with Gasteiger partial charge in [0.15, 0.2) is 0 Å². The van der Waals surface area contributed by atoms with Gasteiger partial charge in [0.05, 0.1) is 26.1 Å². The van der Waals surface area contributed by atoms with Gasteiger partial charge < -0.3 is 20.1 Å². The van der Waals surface area contributed by atoms with Gasteiger partial charge in [-0.25, -0.2) is 0 Å². The van der Waals surface area contributed by atoms with Gasteiger partial charge in [0.2, 0.25) is 0 Å². The second kappa shape index (κ2) is 8.88. The molecule has 2 aromatic carbocycles. The number of nitrogens with zero attached hydrogens (tertiary/aromatic N) is 1. The van der Waals surface area contributed by atoms with E-state index in [0.717, 1.165) is 5.56 Å². The summed E-state index contributed by atoms with van der Waals surface area (Å²) < 4.78 is 10.4. The van der Waals surface area contributed by atoms with Gasteiger partial charge in [-0.05, 0) is 48.9 Å². The van der Waals surface area contributed by atoms with Crippen LogP contribution < -0.4 is 20.1 Å². The van der Waals surface area contributed by atoms with Crippen LogP contribution in [0.2, 0.25) is 0 Å². The average Bonchev–Trinajstić information content (AvgIpc) is 2.75. The maximum Gasteiger partial charge on any atom is 0.256 e. The van der Waals surface area contributed by atoms with Crippen molar-refractivity contribution >= 4 is 23.2 Å². The number of amides is 2. The summed E-state index contributed by atoms with van der Waals surface area (Å²) in [4.78, 5) is 29.3. The monoisotopic (exact) mass is 391 g/mol. The Balaban J connectivity index is 1.81. The molecule has 29 heavy (non-hydrogen) atoms. The van der Waals surface area contributed by atoms with Crippen LogP contribution in [0.4, 0.5) is 11.4 Å². The number of nitrogens with one attached hydrogen (secondary N) is 2. The Morgan fingerprint density at radius 3 is 2.17 bits per heavy atom.